The van der Waals surface area contributed by atoms with E-state index in [4.69, 9.17) is 0 Å². The van der Waals surface area contributed by atoms with Crippen LogP contribution >= 0.6 is 0 Å². The van der Waals surface area contributed by atoms with Crippen molar-refractivity contribution in [3.05, 3.63) is 65.4 Å². The summed E-state index contributed by atoms with van der Waals surface area (Å²) in [6.07, 6.45) is 6.29. The third-order valence-electron chi connectivity index (χ3n) is 3.14. The maximum atomic E-state index is 3.53. The third kappa shape index (κ3) is 1.44. The number of allylic oxidation sites excluding steroid dienone is 1. The lowest BCUT2D eigenvalue weighted by molar-refractivity contribution is 0.135. The predicted octanol–water partition coefficient (Wildman–Crippen LogP) is 2.25. The molecule has 0 radical (unpaired) electrons. The first-order valence-electron chi connectivity index (χ1n) is 5.52. The maximum Gasteiger partial charge on any atom is 0.102 e. The Morgan fingerprint density at radius 2 is 1.94 bits per heavy atom. The molecule has 2 aliphatic rings. The van der Waals surface area contributed by atoms with Crippen molar-refractivity contribution in [1.82, 2.24) is 10.6 Å². The summed E-state index contributed by atoms with van der Waals surface area (Å²) in [6, 6.07) is 10.4. The highest BCUT2D eigenvalue weighted by Crippen LogP contribution is 2.30. The average molecular weight is 210 g/mol. The van der Waals surface area contributed by atoms with Crippen LogP contribution < -0.4 is 10.6 Å². The zero-order valence-corrected chi connectivity index (χ0v) is 9.20. The fourth-order valence-electron chi connectivity index (χ4n) is 2.19. The third-order valence-corrected chi connectivity index (χ3v) is 3.14. The fourth-order valence-corrected chi connectivity index (χ4v) is 2.19. The van der Waals surface area contributed by atoms with Crippen LogP contribution in [0.3, 0.4) is 0 Å². The van der Waals surface area contributed by atoms with Crippen molar-refractivity contribution in [3.8, 4) is 0 Å². The van der Waals surface area contributed by atoms with Gasteiger partial charge in [0, 0.05) is 5.57 Å². The predicted molar refractivity (Wildman–Crippen MR) is 64.6 cm³/mol. The van der Waals surface area contributed by atoms with Crippen molar-refractivity contribution >= 4 is 0 Å². The highest BCUT2D eigenvalue weighted by Gasteiger charge is 2.41. The van der Waals surface area contributed by atoms with Crippen LogP contribution in [0.25, 0.3) is 0 Å². The second kappa shape index (κ2) is 3.46. The molecule has 80 valence electrons. The molecule has 1 aliphatic carbocycles. The van der Waals surface area contributed by atoms with E-state index in [0.717, 1.165) is 0 Å². The van der Waals surface area contributed by atoms with Gasteiger partial charge in [0.05, 0.1) is 6.17 Å². The van der Waals surface area contributed by atoms with Crippen molar-refractivity contribution in [3.63, 3.8) is 0 Å². The summed E-state index contributed by atoms with van der Waals surface area (Å²) in [7, 11) is 0. The largest absolute Gasteiger partial charge is 0.276 e. The van der Waals surface area contributed by atoms with Crippen molar-refractivity contribution in [2.24, 2.45) is 0 Å². The Morgan fingerprint density at radius 1 is 1.19 bits per heavy atom. The number of hydrogen-bond acceptors (Lipinski definition) is 2. The molecule has 1 aromatic carbocycles. The Morgan fingerprint density at radius 3 is 2.56 bits per heavy atom. The summed E-state index contributed by atoms with van der Waals surface area (Å²) in [6.45, 7) is 2.14. The number of benzene rings is 1. The average Bonchev–Trinajstić information content (AvgIpc) is 2.80. The van der Waals surface area contributed by atoms with E-state index in [1.54, 1.807) is 0 Å². The molecular weight excluding hydrogens is 196 g/mol. The summed E-state index contributed by atoms with van der Waals surface area (Å²) in [5, 5.41) is 7.07. The number of hydrogen-bond donors (Lipinski definition) is 2. The van der Waals surface area contributed by atoms with Gasteiger partial charge in [-0.2, -0.15) is 0 Å². The van der Waals surface area contributed by atoms with Crippen LogP contribution in [0.4, 0.5) is 0 Å². The van der Waals surface area contributed by atoms with Gasteiger partial charge < -0.3 is 0 Å². The maximum absolute atomic E-state index is 3.53. The van der Waals surface area contributed by atoms with E-state index in [1.165, 1.54) is 11.1 Å². The molecule has 0 saturated carbocycles. The van der Waals surface area contributed by atoms with Gasteiger partial charge in [0.25, 0.3) is 0 Å². The van der Waals surface area contributed by atoms with Crippen LogP contribution in [0.1, 0.15) is 18.7 Å². The molecule has 0 amide bonds. The van der Waals surface area contributed by atoms with Gasteiger partial charge in [-0.05, 0) is 24.6 Å². The first-order valence-corrected chi connectivity index (χ1v) is 5.52. The van der Waals surface area contributed by atoms with Crippen LogP contribution in [0, 0.1) is 0 Å². The van der Waals surface area contributed by atoms with E-state index in [0.29, 0.717) is 0 Å². The van der Waals surface area contributed by atoms with Crippen molar-refractivity contribution < 1.29 is 0 Å². The van der Waals surface area contributed by atoms with Crippen molar-refractivity contribution in [2.45, 2.75) is 18.8 Å². The first kappa shape index (κ1) is 9.61. The van der Waals surface area contributed by atoms with Crippen molar-refractivity contribution in [2.75, 3.05) is 0 Å². The van der Waals surface area contributed by atoms with Crippen LogP contribution in [0.2, 0.25) is 0 Å². The molecule has 2 heteroatoms. The molecule has 0 bridgehead atoms. The zero-order valence-electron chi connectivity index (χ0n) is 9.20. The molecule has 16 heavy (non-hydrogen) atoms. The van der Waals surface area contributed by atoms with E-state index in [1.807, 2.05) is 18.2 Å². The number of rotatable bonds is 2. The lowest BCUT2D eigenvalue weighted by atomic mass is 9.94. The molecule has 1 fully saturated rings. The second-order valence-corrected chi connectivity index (χ2v) is 4.34. The van der Waals surface area contributed by atoms with E-state index >= 15 is 0 Å². The molecule has 3 rings (SSSR count). The summed E-state index contributed by atoms with van der Waals surface area (Å²) in [4.78, 5) is 0. The SMILES string of the molecule is CC1(C2=C=CC=C2)NC(c2ccccc2)N1. The molecule has 1 aliphatic heterocycles. The minimum absolute atomic E-state index is 0.135. The second-order valence-electron chi connectivity index (χ2n) is 4.34. The Balaban J connectivity index is 1.75. The Labute approximate surface area is 95.4 Å². The van der Waals surface area contributed by atoms with Gasteiger partial charge >= 0.3 is 0 Å². The molecule has 1 aromatic rings. The fraction of sp³-hybridized carbons (Fsp3) is 0.214. The molecule has 1 heterocycles. The summed E-state index contributed by atoms with van der Waals surface area (Å²) < 4.78 is 0. The van der Waals surface area contributed by atoms with Gasteiger partial charge in [0.1, 0.15) is 5.66 Å². The quantitative estimate of drug-likeness (QED) is 0.731. The molecule has 0 aromatic heterocycles. The summed E-state index contributed by atoms with van der Waals surface area (Å²) in [5.41, 5.74) is 5.53. The molecule has 2 nitrogen and oxygen atoms in total. The minimum atomic E-state index is -0.135. The Kier molecular flexibility index (Phi) is 2.08. The van der Waals surface area contributed by atoms with Gasteiger partial charge in [-0.25, -0.2) is 0 Å². The Hall–Kier alpha value is -1.60. The first-order chi connectivity index (χ1) is 7.78. The molecule has 0 unspecified atom stereocenters. The van der Waals surface area contributed by atoms with Crippen LogP contribution in [0.5, 0.6) is 0 Å². The van der Waals surface area contributed by atoms with Gasteiger partial charge in [-0.15, -0.1) is 5.73 Å². The summed E-state index contributed by atoms with van der Waals surface area (Å²) in [5.74, 6) is 0. The van der Waals surface area contributed by atoms with Gasteiger partial charge in [0.15, 0.2) is 0 Å². The van der Waals surface area contributed by atoms with E-state index in [-0.39, 0.29) is 11.8 Å². The monoisotopic (exact) mass is 210 g/mol. The molecule has 0 spiro atoms. The van der Waals surface area contributed by atoms with E-state index in [9.17, 15) is 0 Å². The van der Waals surface area contributed by atoms with Crippen LogP contribution in [-0.4, -0.2) is 5.66 Å². The van der Waals surface area contributed by atoms with E-state index < -0.39 is 0 Å². The van der Waals surface area contributed by atoms with Gasteiger partial charge in [0.2, 0.25) is 0 Å². The van der Waals surface area contributed by atoms with Crippen molar-refractivity contribution in [1.29, 1.82) is 0 Å². The zero-order chi connectivity index (χ0) is 11.0. The Bertz CT molecular complexity index is 487. The number of nitrogens with one attached hydrogen (secondary N) is 2. The highest BCUT2D eigenvalue weighted by atomic mass is 15.4. The van der Waals surface area contributed by atoms with E-state index in [2.05, 4.69) is 53.6 Å². The van der Waals surface area contributed by atoms with Gasteiger partial charge in [-0.3, -0.25) is 10.6 Å². The smallest absolute Gasteiger partial charge is 0.102 e. The van der Waals surface area contributed by atoms with Crippen LogP contribution in [-0.2, 0) is 0 Å². The van der Waals surface area contributed by atoms with Crippen LogP contribution in [0.15, 0.2) is 59.9 Å². The van der Waals surface area contributed by atoms with Gasteiger partial charge in [-0.1, -0.05) is 36.4 Å². The molecule has 2 N–H and O–H groups in total. The standard InChI is InChI=1S/C14H14N2/c1-14(12-9-5-6-10-12)15-13(16-14)11-7-3-2-4-8-11/h2-9,13,15-16H,1H3. The normalized spacial score (nSPS) is 31.3. The molecule has 0 atom stereocenters. The topological polar surface area (TPSA) is 24.1 Å². The minimum Gasteiger partial charge on any atom is -0.276 e. The highest BCUT2D eigenvalue weighted by molar-refractivity contribution is 5.40. The summed E-state index contributed by atoms with van der Waals surface area (Å²) >= 11 is 0. The molecule has 1 saturated heterocycles. The molecular formula is C14H14N2. The lowest BCUT2D eigenvalue weighted by Gasteiger charge is -2.48. The lowest BCUT2D eigenvalue weighted by Crippen LogP contribution is -2.71.